The summed E-state index contributed by atoms with van der Waals surface area (Å²) in [5, 5.41) is 18.0. The molecule has 0 aliphatic heterocycles. The number of carbonyl (C=O) groups is 1. The minimum atomic E-state index is -0.905. The van der Waals surface area contributed by atoms with E-state index in [9.17, 15) is 9.90 Å². The van der Waals surface area contributed by atoms with Gasteiger partial charge in [-0.05, 0) is 12.3 Å². The van der Waals surface area contributed by atoms with Crippen LogP contribution in [0.15, 0.2) is 0 Å². The van der Waals surface area contributed by atoms with E-state index < -0.39 is 12.1 Å². The predicted octanol–water partition coefficient (Wildman–Crippen LogP) is 6.33. The zero-order valence-corrected chi connectivity index (χ0v) is 16.3. The molecule has 0 rings (SSSR count). The molecule has 0 aliphatic carbocycles. The molecule has 0 amide bonds. The molecule has 0 bridgehead atoms. The Morgan fingerprint density at radius 3 is 1.33 bits per heavy atom. The Balaban J connectivity index is 3.09. The smallest absolute Gasteiger partial charge is 0.305 e. The van der Waals surface area contributed by atoms with Crippen LogP contribution in [0.5, 0.6) is 0 Å². The van der Waals surface area contributed by atoms with Crippen LogP contribution < -0.4 is 0 Å². The number of hydrogen-bond acceptors (Lipinski definition) is 2. The van der Waals surface area contributed by atoms with Crippen molar-refractivity contribution in [2.24, 2.45) is 5.92 Å². The van der Waals surface area contributed by atoms with Crippen LogP contribution in [0.25, 0.3) is 0 Å². The predicted molar refractivity (Wildman–Crippen MR) is 102 cm³/mol. The van der Waals surface area contributed by atoms with Crippen molar-refractivity contribution in [3.05, 3.63) is 0 Å². The Hall–Kier alpha value is -0.570. The Morgan fingerprint density at radius 2 is 1.00 bits per heavy atom. The number of hydrogen-bond donors (Lipinski definition) is 2. The number of aliphatic carboxylic acids is 1. The summed E-state index contributed by atoms with van der Waals surface area (Å²) in [5.41, 5.74) is 0. The molecule has 3 nitrogen and oxygen atoms in total. The van der Waals surface area contributed by atoms with Gasteiger partial charge in [-0.1, -0.05) is 104 Å². The standard InChI is InChI=1S/C21H42O3/c1-19(2)16-14-12-10-8-6-4-3-5-7-9-11-13-15-17-20(22)18-21(23)24/h19-20,22H,3-18H2,1-2H3,(H,23,24). The third kappa shape index (κ3) is 19.5. The molecule has 24 heavy (non-hydrogen) atoms. The van der Waals surface area contributed by atoms with E-state index in [-0.39, 0.29) is 6.42 Å². The lowest BCUT2D eigenvalue weighted by molar-refractivity contribution is -0.139. The summed E-state index contributed by atoms with van der Waals surface area (Å²) in [6, 6.07) is 0. The molecule has 1 unspecified atom stereocenters. The first kappa shape index (κ1) is 23.4. The molecule has 0 aromatic heterocycles. The van der Waals surface area contributed by atoms with Crippen LogP contribution in [0.4, 0.5) is 0 Å². The number of aliphatic hydroxyl groups is 1. The summed E-state index contributed by atoms with van der Waals surface area (Å²) in [6.07, 6.45) is 18.3. The van der Waals surface area contributed by atoms with Crippen LogP contribution in [-0.4, -0.2) is 22.3 Å². The Morgan fingerprint density at radius 1 is 0.667 bits per heavy atom. The third-order valence-corrected chi connectivity index (χ3v) is 4.73. The molecule has 0 fully saturated rings. The molecule has 0 aromatic rings. The van der Waals surface area contributed by atoms with Crippen molar-refractivity contribution in [3.8, 4) is 0 Å². The van der Waals surface area contributed by atoms with Crippen LogP contribution in [0.2, 0.25) is 0 Å². The maximum atomic E-state index is 10.4. The fourth-order valence-corrected chi connectivity index (χ4v) is 3.18. The van der Waals surface area contributed by atoms with Crippen LogP contribution in [-0.2, 0) is 4.79 Å². The van der Waals surface area contributed by atoms with Gasteiger partial charge in [0.1, 0.15) is 0 Å². The summed E-state index contributed by atoms with van der Waals surface area (Å²) < 4.78 is 0. The maximum Gasteiger partial charge on any atom is 0.305 e. The molecule has 0 saturated heterocycles. The summed E-state index contributed by atoms with van der Waals surface area (Å²) >= 11 is 0. The fourth-order valence-electron chi connectivity index (χ4n) is 3.18. The SMILES string of the molecule is CC(C)CCCCCCCCCCCCCCCC(O)CC(=O)O. The molecule has 144 valence electrons. The van der Waals surface area contributed by atoms with Crippen molar-refractivity contribution in [3.63, 3.8) is 0 Å². The van der Waals surface area contributed by atoms with Gasteiger partial charge in [-0.15, -0.1) is 0 Å². The minimum absolute atomic E-state index is 0.113. The normalized spacial score (nSPS) is 12.7. The van der Waals surface area contributed by atoms with Gasteiger partial charge in [-0.2, -0.15) is 0 Å². The molecule has 3 heteroatoms. The van der Waals surface area contributed by atoms with Gasteiger partial charge in [-0.25, -0.2) is 0 Å². The number of unbranched alkanes of at least 4 members (excludes halogenated alkanes) is 12. The number of carboxylic acid groups (broad SMARTS) is 1. The molecule has 0 aliphatic rings. The van der Waals surface area contributed by atoms with Crippen molar-refractivity contribution >= 4 is 5.97 Å². The van der Waals surface area contributed by atoms with E-state index >= 15 is 0 Å². The lowest BCUT2D eigenvalue weighted by Gasteiger charge is -2.07. The van der Waals surface area contributed by atoms with E-state index in [1.54, 1.807) is 0 Å². The highest BCUT2D eigenvalue weighted by atomic mass is 16.4. The van der Waals surface area contributed by atoms with Gasteiger partial charge >= 0.3 is 5.97 Å². The lowest BCUT2D eigenvalue weighted by Crippen LogP contribution is -2.12. The first-order chi connectivity index (χ1) is 11.5. The first-order valence-electron chi connectivity index (χ1n) is 10.4. The van der Waals surface area contributed by atoms with Gasteiger partial charge < -0.3 is 10.2 Å². The molecular formula is C21H42O3. The van der Waals surface area contributed by atoms with Gasteiger partial charge in [0.2, 0.25) is 0 Å². The summed E-state index contributed by atoms with van der Waals surface area (Å²) in [7, 11) is 0. The minimum Gasteiger partial charge on any atom is -0.481 e. The Bertz CT molecular complexity index is 276. The lowest BCUT2D eigenvalue weighted by atomic mass is 10.0. The number of aliphatic hydroxyl groups excluding tert-OH is 1. The average molecular weight is 343 g/mol. The van der Waals surface area contributed by atoms with E-state index in [1.165, 1.54) is 77.0 Å². The molecule has 2 N–H and O–H groups in total. The number of rotatable bonds is 18. The van der Waals surface area contributed by atoms with Gasteiger partial charge in [-0.3, -0.25) is 4.79 Å². The van der Waals surface area contributed by atoms with Crippen LogP contribution in [0.1, 0.15) is 117 Å². The summed E-state index contributed by atoms with van der Waals surface area (Å²) in [5.74, 6) is -0.0436. The second kappa shape index (κ2) is 17.3. The van der Waals surface area contributed by atoms with Crippen LogP contribution in [0, 0.1) is 5.92 Å². The average Bonchev–Trinajstić information content (AvgIpc) is 2.50. The summed E-state index contributed by atoms with van der Waals surface area (Å²) in [4.78, 5) is 10.4. The quantitative estimate of drug-likeness (QED) is 0.286. The van der Waals surface area contributed by atoms with Crippen molar-refractivity contribution in [1.29, 1.82) is 0 Å². The third-order valence-electron chi connectivity index (χ3n) is 4.73. The van der Waals surface area contributed by atoms with Crippen molar-refractivity contribution in [2.75, 3.05) is 0 Å². The first-order valence-corrected chi connectivity index (χ1v) is 10.4. The van der Waals surface area contributed by atoms with E-state index in [0.717, 1.165) is 18.8 Å². The van der Waals surface area contributed by atoms with Crippen molar-refractivity contribution in [1.82, 2.24) is 0 Å². The molecule has 1 atom stereocenters. The monoisotopic (exact) mass is 342 g/mol. The van der Waals surface area contributed by atoms with Gasteiger partial charge in [0, 0.05) is 0 Å². The largest absolute Gasteiger partial charge is 0.481 e. The van der Waals surface area contributed by atoms with E-state index in [1.807, 2.05) is 0 Å². The van der Waals surface area contributed by atoms with Crippen LogP contribution >= 0.6 is 0 Å². The second-order valence-electron chi connectivity index (χ2n) is 7.82. The number of carboxylic acids is 1. The second-order valence-corrected chi connectivity index (χ2v) is 7.82. The maximum absolute atomic E-state index is 10.4. The molecule has 0 heterocycles. The molecule has 0 spiro atoms. The molecule has 0 saturated carbocycles. The fraction of sp³-hybridized carbons (Fsp3) is 0.952. The Kier molecular flexibility index (Phi) is 16.8. The van der Waals surface area contributed by atoms with Gasteiger partial charge in [0.05, 0.1) is 12.5 Å². The van der Waals surface area contributed by atoms with Crippen LogP contribution in [0.3, 0.4) is 0 Å². The van der Waals surface area contributed by atoms with Crippen molar-refractivity contribution in [2.45, 2.75) is 123 Å². The highest BCUT2D eigenvalue weighted by Crippen LogP contribution is 2.15. The van der Waals surface area contributed by atoms with Gasteiger partial charge in [0.15, 0.2) is 0 Å². The summed E-state index contributed by atoms with van der Waals surface area (Å²) in [6.45, 7) is 4.62. The van der Waals surface area contributed by atoms with Crippen molar-refractivity contribution < 1.29 is 15.0 Å². The van der Waals surface area contributed by atoms with E-state index in [2.05, 4.69) is 13.8 Å². The van der Waals surface area contributed by atoms with E-state index in [4.69, 9.17) is 5.11 Å². The zero-order valence-electron chi connectivity index (χ0n) is 16.3. The highest BCUT2D eigenvalue weighted by molar-refractivity contribution is 5.67. The molecule has 0 aromatic carbocycles. The molecular weight excluding hydrogens is 300 g/mol. The molecule has 0 radical (unpaired) electrons. The zero-order chi connectivity index (χ0) is 18.0. The van der Waals surface area contributed by atoms with Gasteiger partial charge in [0.25, 0.3) is 0 Å². The Labute approximate surface area is 150 Å². The topological polar surface area (TPSA) is 57.5 Å². The highest BCUT2D eigenvalue weighted by Gasteiger charge is 2.08. The van der Waals surface area contributed by atoms with E-state index in [0.29, 0.717) is 6.42 Å².